The highest BCUT2D eigenvalue weighted by Gasteiger charge is 2.30. The molecule has 1 aliphatic heterocycles. The molecule has 2 N–H and O–H groups in total. The molecule has 0 fully saturated rings. The Bertz CT molecular complexity index is 902. The number of benzene rings is 3. The van der Waals surface area contributed by atoms with E-state index in [0.29, 0.717) is 5.75 Å². The second kappa shape index (κ2) is 6.17. The van der Waals surface area contributed by atoms with Crippen molar-refractivity contribution < 1.29 is 10.2 Å². The van der Waals surface area contributed by atoms with Gasteiger partial charge in [-0.3, -0.25) is 0 Å². The molecule has 1 unspecified atom stereocenters. The summed E-state index contributed by atoms with van der Waals surface area (Å²) >= 11 is 0. The highest BCUT2D eigenvalue weighted by molar-refractivity contribution is 5.58. The lowest BCUT2D eigenvalue weighted by molar-refractivity contribution is 0.472. The summed E-state index contributed by atoms with van der Waals surface area (Å²) in [7, 11) is 0. The maximum absolute atomic E-state index is 9.87. The third-order valence-corrected chi connectivity index (χ3v) is 5.02. The second-order valence-electron chi connectivity index (χ2n) is 6.60. The van der Waals surface area contributed by atoms with Crippen molar-refractivity contribution in [2.24, 2.45) is 0 Å². The fraction of sp³-hybridized carbons (Fsp3) is 0.182. The third-order valence-electron chi connectivity index (χ3n) is 5.02. The molecule has 0 saturated heterocycles. The zero-order valence-electron chi connectivity index (χ0n) is 14.2. The van der Waals surface area contributed by atoms with Gasteiger partial charge in [0.2, 0.25) is 0 Å². The van der Waals surface area contributed by atoms with Gasteiger partial charge in [-0.15, -0.1) is 0 Å². The molecule has 1 atom stereocenters. The number of hydrogen-bond acceptors (Lipinski definition) is 3. The van der Waals surface area contributed by atoms with Crippen LogP contribution >= 0.6 is 0 Å². The number of nitrogens with zero attached hydrogens (tertiary/aromatic N) is 1. The van der Waals surface area contributed by atoms with Crippen LogP contribution in [0.2, 0.25) is 0 Å². The van der Waals surface area contributed by atoms with E-state index >= 15 is 0 Å². The van der Waals surface area contributed by atoms with E-state index in [-0.39, 0.29) is 11.8 Å². The van der Waals surface area contributed by atoms with Gasteiger partial charge in [0.05, 0.1) is 6.04 Å². The summed E-state index contributed by atoms with van der Waals surface area (Å²) in [6.45, 7) is 3.00. The lowest BCUT2D eigenvalue weighted by Crippen LogP contribution is -2.36. The molecule has 25 heavy (non-hydrogen) atoms. The normalized spacial score (nSPS) is 16.5. The predicted octanol–water partition coefficient (Wildman–Crippen LogP) is 4.56. The van der Waals surface area contributed by atoms with Crippen LogP contribution in [-0.2, 0) is 6.42 Å². The van der Waals surface area contributed by atoms with Crippen molar-refractivity contribution in [1.82, 2.24) is 0 Å². The predicted molar refractivity (Wildman–Crippen MR) is 100 cm³/mol. The number of aromatic hydroxyl groups is 2. The Hall–Kier alpha value is -2.94. The number of phenols is 2. The number of aryl methyl sites for hydroxylation is 1. The molecule has 4 rings (SSSR count). The van der Waals surface area contributed by atoms with Gasteiger partial charge < -0.3 is 15.1 Å². The van der Waals surface area contributed by atoms with E-state index in [0.717, 1.165) is 18.7 Å². The van der Waals surface area contributed by atoms with Crippen LogP contribution in [-0.4, -0.2) is 16.8 Å². The van der Waals surface area contributed by atoms with E-state index in [1.807, 2.05) is 24.3 Å². The van der Waals surface area contributed by atoms with Crippen LogP contribution in [0.4, 0.5) is 5.69 Å². The number of hydrogen-bond donors (Lipinski definition) is 2. The van der Waals surface area contributed by atoms with Crippen LogP contribution in [0.5, 0.6) is 11.5 Å². The first-order valence-electron chi connectivity index (χ1n) is 8.56. The number of rotatable bonds is 2. The first-order valence-corrected chi connectivity index (χ1v) is 8.56. The molecule has 0 saturated carbocycles. The molecule has 0 spiro atoms. The molecule has 1 heterocycles. The van der Waals surface area contributed by atoms with Crippen molar-refractivity contribution in [1.29, 1.82) is 0 Å². The van der Waals surface area contributed by atoms with Crippen LogP contribution in [0.25, 0.3) is 0 Å². The van der Waals surface area contributed by atoms with Gasteiger partial charge >= 0.3 is 0 Å². The Kier molecular flexibility index (Phi) is 3.85. The van der Waals surface area contributed by atoms with Crippen molar-refractivity contribution in [3.05, 3.63) is 89.0 Å². The Morgan fingerprint density at radius 3 is 2.32 bits per heavy atom. The Morgan fingerprint density at radius 1 is 0.840 bits per heavy atom. The Morgan fingerprint density at radius 2 is 1.56 bits per heavy atom. The topological polar surface area (TPSA) is 43.7 Å². The van der Waals surface area contributed by atoms with Gasteiger partial charge in [-0.1, -0.05) is 30.3 Å². The fourth-order valence-electron chi connectivity index (χ4n) is 3.76. The smallest absolute Gasteiger partial charge is 0.115 e. The van der Waals surface area contributed by atoms with E-state index < -0.39 is 0 Å². The van der Waals surface area contributed by atoms with Crippen LogP contribution in [0.15, 0.2) is 66.7 Å². The van der Waals surface area contributed by atoms with Gasteiger partial charge in [-0.05, 0) is 72.0 Å². The Labute approximate surface area is 147 Å². The van der Waals surface area contributed by atoms with E-state index in [1.54, 1.807) is 18.2 Å². The number of phenolic OH excluding ortho intramolecular Hbond substituents is 2. The third kappa shape index (κ3) is 2.82. The highest BCUT2D eigenvalue weighted by atomic mass is 16.3. The molecule has 0 bridgehead atoms. The summed E-state index contributed by atoms with van der Waals surface area (Å²) in [5.74, 6) is 0.596. The molecule has 126 valence electrons. The lowest BCUT2D eigenvalue weighted by Gasteiger charge is -2.40. The molecule has 0 aromatic heterocycles. The van der Waals surface area contributed by atoms with Crippen molar-refractivity contribution in [3.63, 3.8) is 0 Å². The van der Waals surface area contributed by atoms with Crippen LogP contribution in [0, 0.1) is 6.92 Å². The van der Waals surface area contributed by atoms with Crippen molar-refractivity contribution in [3.8, 4) is 11.5 Å². The summed E-state index contributed by atoms with van der Waals surface area (Å²) in [5, 5.41) is 19.5. The fourth-order valence-corrected chi connectivity index (χ4v) is 3.76. The van der Waals surface area contributed by atoms with E-state index in [4.69, 9.17) is 0 Å². The van der Waals surface area contributed by atoms with Crippen molar-refractivity contribution in [2.45, 2.75) is 19.4 Å². The molecular formula is C22H21NO2. The molecular weight excluding hydrogens is 310 g/mol. The first kappa shape index (κ1) is 15.6. The maximum Gasteiger partial charge on any atom is 0.115 e. The number of anilines is 1. The minimum atomic E-state index is 0.0927. The van der Waals surface area contributed by atoms with Crippen LogP contribution in [0.3, 0.4) is 0 Å². The summed E-state index contributed by atoms with van der Waals surface area (Å²) in [4.78, 5) is 2.38. The maximum atomic E-state index is 9.87. The Balaban J connectivity index is 1.88. The summed E-state index contributed by atoms with van der Waals surface area (Å²) in [6, 6.07) is 21.6. The molecule has 3 aromatic rings. The van der Waals surface area contributed by atoms with Gasteiger partial charge in [-0.2, -0.15) is 0 Å². The largest absolute Gasteiger partial charge is 0.508 e. The standard InChI is InChI=1S/C22H21NO2/c1-15-4-2-3-5-20(15)22-21-11-10-19(25)14-16(21)12-13-23(22)17-6-8-18(24)9-7-17/h2-11,14,22,24-25H,12-13H2,1H3. The van der Waals surface area contributed by atoms with Gasteiger partial charge in [0.25, 0.3) is 0 Å². The molecule has 0 amide bonds. The average Bonchev–Trinajstić information content (AvgIpc) is 2.62. The van der Waals surface area contributed by atoms with Crippen LogP contribution in [0.1, 0.15) is 28.3 Å². The lowest BCUT2D eigenvalue weighted by atomic mass is 9.86. The summed E-state index contributed by atoms with van der Waals surface area (Å²) < 4.78 is 0. The summed E-state index contributed by atoms with van der Waals surface area (Å²) in [5.41, 5.74) is 6.03. The molecule has 3 aromatic carbocycles. The number of fused-ring (bicyclic) bond motifs is 1. The molecule has 0 aliphatic carbocycles. The summed E-state index contributed by atoms with van der Waals surface area (Å²) in [6.07, 6.45) is 0.882. The quantitative estimate of drug-likeness (QED) is 0.723. The van der Waals surface area contributed by atoms with Crippen LogP contribution < -0.4 is 4.90 Å². The molecule has 3 nitrogen and oxygen atoms in total. The minimum Gasteiger partial charge on any atom is -0.508 e. The first-order chi connectivity index (χ1) is 12.1. The monoisotopic (exact) mass is 331 g/mol. The zero-order valence-corrected chi connectivity index (χ0v) is 14.2. The van der Waals surface area contributed by atoms with E-state index in [9.17, 15) is 10.2 Å². The van der Waals surface area contributed by atoms with Gasteiger partial charge in [0, 0.05) is 12.2 Å². The zero-order chi connectivity index (χ0) is 17.4. The molecule has 3 heteroatoms. The second-order valence-corrected chi connectivity index (χ2v) is 6.60. The highest BCUT2D eigenvalue weighted by Crippen LogP contribution is 2.40. The van der Waals surface area contributed by atoms with Gasteiger partial charge in [-0.25, -0.2) is 0 Å². The minimum absolute atomic E-state index is 0.0927. The average molecular weight is 331 g/mol. The van der Waals surface area contributed by atoms with Crippen molar-refractivity contribution >= 4 is 5.69 Å². The van der Waals surface area contributed by atoms with Crippen molar-refractivity contribution in [2.75, 3.05) is 11.4 Å². The molecule has 1 aliphatic rings. The van der Waals surface area contributed by atoms with Gasteiger partial charge in [0.15, 0.2) is 0 Å². The SMILES string of the molecule is Cc1ccccc1C1c2ccc(O)cc2CCN1c1ccc(O)cc1. The van der Waals surface area contributed by atoms with E-state index in [2.05, 4.69) is 36.1 Å². The van der Waals surface area contributed by atoms with Gasteiger partial charge in [0.1, 0.15) is 11.5 Å². The van der Waals surface area contributed by atoms with E-state index in [1.165, 1.54) is 22.3 Å². The molecule has 0 radical (unpaired) electrons.